The van der Waals surface area contributed by atoms with Crippen molar-refractivity contribution in [1.29, 1.82) is 0 Å². The fourth-order valence-corrected chi connectivity index (χ4v) is 4.12. The Kier molecular flexibility index (Phi) is 4.77. The molecule has 5 nitrogen and oxygen atoms in total. The van der Waals surface area contributed by atoms with Crippen LogP contribution in [0.25, 0.3) is 0 Å². The Labute approximate surface area is 119 Å². The predicted molar refractivity (Wildman–Crippen MR) is 76.4 cm³/mol. The van der Waals surface area contributed by atoms with E-state index in [0.29, 0.717) is 13.1 Å². The molecular formula is C14H19NO4S. The molecule has 110 valence electrons. The third-order valence-corrected chi connectivity index (χ3v) is 5.29. The summed E-state index contributed by atoms with van der Waals surface area (Å²) in [5.74, 6) is -0.872. The Balaban J connectivity index is 1.99. The van der Waals surface area contributed by atoms with E-state index in [9.17, 15) is 13.2 Å². The highest BCUT2D eigenvalue weighted by Crippen LogP contribution is 2.16. The van der Waals surface area contributed by atoms with E-state index in [1.165, 1.54) is 5.56 Å². The summed E-state index contributed by atoms with van der Waals surface area (Å²) in [5, 5.41) is 8.92. The maximum atomic E-state index is 11.6. The zero-order valence-corrected chi connectivity index (χ0v) is 12.1. The van der Waals surface area contributed by atoms with Crippen molar-refractivity contribution in [1.82, 2.24) is 4.90 Å². The molecule has 0 bridgehead atoms. The smallest absolute Gasteiger partial charge is 0.304 e. The number of carboxylic acid groups (broad SMARTS) is 1. The Bertz CT molecular complexity index is 556. The molecule has 0 amide bonds. The zero-order chi connectivity index (χ0) is 14.6. The molecule has 1 aliphatic rings. The molecule has 0 spiro atoms. The molecule has 1 fully saturated rings. The van der Waals surface area contributed by atoms with Crippen LogP contribution in [-0.4, -0.2) is 55.0 Å². The van der Waals surface area contributed by atoms with Crippen LogP contribution in [0.5, 0.6) is 0 Å². The van der Waals surface area contributed by atoms with Gasteiger partial charge in [-0.2, -0.15) is 0 Å². The van der Waals surface area contributed by atoms with Gasteiger partial charge in [0.1, 0.15) is 0 Å². The second kappa shape index (κ2) is 6.37. The van der Waals surface area contributed by atoms with Crippen LogP contribution in [0.4, 0.5) is 0 Å². The Morgan fingerprint density at radius 2 is 2.00 bits per heavy atom. The molecule has 0 saturated carbocycles. The first-order chi connectivity index (χ1) is 9.46. The fraction of sp³-hybridized carbons (Fsp3) is 0.500. The number of carbonyl (C=O) groups is 1. The summed E-state index contributed by atoms with van der Waals surface area (Å²) >= 11 is 0. The molecule has 0 aromatic heterocycles. The number of rotatable bonds is 5. The van der Waals surface area contributed by atoms with Crippen LogP contribution in [0, 0.1) is 0 Å². The van der Waals surface area contributed by atoms with E-state index in [1.807, 2.05) is 35.2 Å². The molecule has 0 aliphatic carbocycles. The van der Waals surface area contributed by atoms with Crippen LogP contribution in [-0.2, 0) is 21.1 Å². The highest BCUT2D eigenvalue weighted by atomic mass is 32.2. The van der Waals surface area contributed by atoms with Crippen molar-refractivity contribution >= 4 is 15.8 Å². The van der Waals surface area contributed by atoms with Crippen LogP contribution in [0.2, 0.25) is 0 Å². The van der Waals surface area contributed by atoms with Crippen LogP contribution >= 0.6 is 0 Å². The van der Waals surface area contributed by atoms with Crippen molar-refractivity contribution in [3.63, 3.8) is 0 Å². The molecule has 6 heteroatoms. The van der Waals surface area contributed by atoms with E-state index in [0.717, 1.165) is 6.42 Å². The molecular weight excluding hydrogens is 278 g/mol. The maximum absolute atomic E-state index is 11.6. The number of hydrogen-bond donors (Lipinski definition) is 1. The maximum Gasteiger partial charge on any atom is 0.304 e. The lowest BCUT2D eigenvalue weighted by molar-refractivity contribution is -0.138. The number of carboxylic acids is 1. The van der Waals surface area contributed by atoms with Crippen LogP contribution in [0.15, 0.2) is 30.3 Å². The van der Waals surface area contributed by atoms with Crippen molar-refractivity contribution in [2.24, 2.45) is 0 Å². The Morgan fingerprint density at radius 1 is 1.30 bits per heavy atom. The second-order valence-corrected chi connectivity index (χ2v) is 7.37. The normalized spacial score (nSPS) is 22.5. The third-order valence-electron chi connectivity index (χ3n) is 3.59. The number of hydrogen-bond acceptors (Lipinski definition) is 4. The molecule has 1 unspecified atom stereocenters. The average Bonchev–Trinajstić information content (AvgIpc) is 2.37. The van der Waals surface area contributed by atoms with Gasteiger partial charge in [-0.05, 0) is 12.0 Å². The van der Waals surface area contributed by atoms with Crippen molar-refractivity contribution < 1.29 is 18.3 Å². The molecule has 1 saturated heterocycles. The van der Waals surface area contributed by atoms with Gasteiger partial charge in [0.05, 0.1) is 17.9 Å². The largest absolute Gasteiger partial charge is 0.481 e. The monoisotopic (exact) mass is 297 g/mol. The summed E-state index contributed by atoms with van der Waals surface area (Å²) in [6, 6.07) is 9.51. The molecule has 1 aromatic rings. The minimum absolute atomic E-state index is 0.0475. The lowest BCUT2D eigenvalue weighted by Gasteiger charge is -2.34. The number of nitrogens with zero attached hydrogens (tertiary/aromatic N) is 1. The van der Waals surface area contributed by atoms with Crippen LogP contribution in [0.1, 0.15) is 12.0 Å². The van der Waals surface area contributed by atoms with Crippen LogP contribution in [0.3, 0.4) is 0 Å². The molecule has 1 heterocycles. The van der Waals surface area contributed by atoms with E-state index < -0.39 is 21.8 Å². The standard InChI is InChI=1S/C14H19NO4S/c16-14(17)10-13-11-20(18,19)9-8-15(13)7-6-12-4-2-1-3-5-12/h1-5,13H,6-11H2,(H,16,17). The van der Waals surface area contributed by atoms with Gasteiger partial charge in [0.2, 0.25) is 0 Å². The number of aliphatic carboxylic acids is 1. The van der Waals surface area contributed by atoms with Gasteiger partial charge in [-0.3, -0.25) is 9.69 Å². The SMILES string of the molecule is O=C(O)CC1CS(=O)(=O)CCN1CCc1ccccc1. The Morgan fingerprint density at radius 3 is 2.65 bits per heavy atom. The van der Waals surface area contributed by atoms with Gasteiger partial charge in [-0.25, -0.2) is 8.42 Å². The summed E-state index contributed by atoms with van der Waals surface area (Å²) in [6.45, 7) is 1.12. The topological polar surface area (TPSA) is 74.7 Å². The van der Waals surface area contributed by atoms with Gasteiger partial charge in [0.25, 0.3) is 0 Å². The fourth-order valence-electron chi connectivity index (χ4n) is 2.52. The van der Waals surface area contributed by atoms with E-state index in [4.69, 9.17) is 5.11 Å². The third kappa shape index (κ3) is 4.31. The number of benzene rings is 1. The predicted octanol–water partition coefficient (Wildman–Crippen LogP) is 0.803. The van der Waals surface area contributed by atoms with E-state index in [1.54, 1.807) is 0 Å². The van der Waals surface area contributed by atoms with E-state index >= 15 is 0 Å². The number of sulfone groups is 1. The molecule has 1 atom stereocenters. The molecule has 0 radical (unpaired) electrons. The first kappa shape index (κ1) is 15.0. The molecule has 1 aromatic carbocycles. The highest BCUT2D eigenvalue weighted by Gasteiger charge is 2.32. The van der Waals surface area contributed by atoms with Gasteiger partial charge < -0.3 is 5.11 Å². The van der Waals surface area contributed by atoms with Crippen molar-refractivity contribution in [2.75, 3.05) is 24.6 Å². The van der Waals surface area contributed by atoms with Gasteiger partial charge in [-0.1, -0.05) is 30.3 Å². The minimum atomic E-state index is -3.10. The molecule has 20 heavy (non-hydrogen) atoms. The van der Waals surface area contributed by atoms with Crippen LogP contribution < -0.4 is 0 Å². The lowest BCUT2D eigenvalue weighted by atomic mass is 10.1. The zero-order valence-electron chi connectivity index (χ0n) is 11.2. The summed E-state index contributed by atoms with van der Waals surface area (Å²) in [6.07, 6.45) is 0.686. The van der Waals surface area contributed by atoms with Crippen molar-refractivity contribution in [2.45, 2.75) is 18.9 Å². The summed E-state index contributed by atoms with van der Waals surface area (Å²) in [7, 11) is -3.10. The summed E-state index contributed by atoms with van der Waals surface area (Å²) in [5.41, 5.74) is 1.18. The summed E-state index contributed by atoms with van der Waals surface area (Å²) in [4.78, 5) is 12.9. The molecule has 2 rings (SSSR count). The van der Waals surface area contributed by atoms with E-state index in [-0.39, 0.29) is 17.9 Å². The second-order valence-electron chi connectivity index (χ2n) is 5.14. The molecule has 1 aliphatic heterocycles. The quantitative estimate of drug-likeness (QED) is 0.870. The molecule has 1 N–H and O–H groups in total. The average molecular weight is 297 g/mol. The van der Waals surface area contributed by atoms with Crippen molar-refractivity contribution in [3.8, 4) is 0 Å². The van der Waals surface area contributed by atoms with Gasteiger partial charge >= 0.3 is 5.97 Å². The Hall–Kier alpha value is -1.40. The first-order valence-corrected chi connectivity index (χ1v) is 8.48. The highest BCUT2D eigenvalue weighted by molar-refractivity contribution is 7.91. The first-order valence-electron chi connectivity index (χ1n) is 6.66. The van der Waals surface area contributed by atoms with Gasteiger partial charge in [0.15, 0.2) is 9.84 Å². The van der Waals surface area contributed by atoms with Crippen molar-refractivity contribution in [3.05, 3.63) is 35.9 Å². The minimum Gasteiger partial charge on any atom is -0.481 e. The van der Waals surface area contributed by atoms with Gasteiger partial charge in [-0.15, -0.1) is 0 Å². The van der Waals surface area contributed by atoms with Gasteiger partial charge in [0, 0.05) is 19.1 Å². The summed E-state index contributed by atoms with van der Waals surface area (Å²) < 4.78 is 23.3. The lowest BCUT2D eigenvalue weighted by Crippen LogP contribution is -2.49. The van der Waals surface area contributed by atoms with E-state index in [2.05, 4.69) is 0 Å².